The third-order valence-electron chi connectivity index (χ3n) is 3.55. The number of esters is 1. The molecule has 0 radical (unpaired) electrons. The van der Waals surface area contributed by atoms with Crippen LogP contribution in [0.5, 0.6) is 17.2 Å². The molecule has 0 unspecified atom stereocenters. The van der Waals surface area contributed by atoms with Crippen LogP contribution in [0.4, 0.5) is 5.69 Å². The van der Waals surface area contributed by atoms with Gasteiger partial charge in [-0.2, -0.15) is 0 Å². The molecule has 0 aliphatic carbocycles. The zero-order chi connectivity index (χ0) is 18.2. The molecule has 0 aromatic heterocycles. The summed E-state index contributed by atoms with van der Waals surface area (Å²) in [5.41, 5.74) is 7.96. The van der Waals surface area contributed by atoms with Gasteiger partial charge in [-0.25, -0.2) is 4.79 Å². The Kier molecular flexibility index (Phi) is 6.28. The number of nitrogens with two attached hydrogens (primary N) is 1. The van der Waals surface area contributed by atoms with Crippen molar-refractivity contribution in [3.63, 3.8) is 0 Å². The minimum atomic E-state index is -0.443. The number of methoxy groups -OCH3 is 2. The van der Waals surface area contributed by atoms with Gasteiger partial charge >= 0.3 is 5.97 Å². The van der Waals surface area contributed by atoms with Crippen LogP contribution in [0, 0.1) is 0 Å². The first kappa shape index (κ1) is 18.2. The van der Waals surface area contributed by atoms with Crippen molar-refractivity contribution in [1.82, 2.24) is 0 Å². The van der Waals surface area contributed by atoms with Crippen LogP contribution in [0.3, 0.4) is 0 Å². The predicted molar refractivity (Wildman–Crippen MR) is 95.8 cm³/mol. The third-order valence-corrected chi connectivity index (χ3v) is 3.55. The van der Waals surface area contributed by atoms with Crippen LogP contribution in [0.2, 0.25) is 0 Å². The van der Waals surface area contributed by atoms with Gasteiger partial charge in [0.1, 0.15) is 5.75 Å². The number of carbonyl (C=O) groups excluding carboxylic acids is 1. The molecule has 0 fully saturated rings. The van der Waals surface area contributed by atoms with Crippen LogP contribution < -0.4 is 15.2 Å². The van der Waals surface area contributed by atoms with Crippen molar-refractivity contribution in [2.24, 2.45) is 0 Å². The first-order valence-electron chi connectivity index (χ1n) is 7.67. The van der Waals surface area contributed by atoms with Crippen molar-refractivity contribution >= 4 is 17.7 Å². The zero-order valence-electron chi connectivity index (χ0n) is 14.2. The van der Waals surface area contributed by atoms with Crippen LogP contribution in [0.15, 0.2) is 42.5 Å². The van der Waals surface area contributed by atoms with E-state index >= 15 is 0 Å². The van der Waals surface area contributed by atoms with Crippen LogP contribution in [-0.2, 0) is 16.0 Å². The number of ether oxygens (including phenoxy) is 3. The largest absolute Gasteiger partial charge is 0.504 e. The van der Waals surface area contributed by atoms with Crippen molar-refractivity contribution in [3.8, 4) is 17.2 Å². The molecular formula is C19H21NO5. The Labute approximate surface area is 146 Å². The number of nitrogen functional groups attached to an aromatic ring is 1. The molecule has 0 aliphatic rings. The molecule has 0 aliphatic heterocycles. The Morgan fingerprint density at radius 1 is 1.12 bits per heavy atom. The predicted octanol–water partition coefficient (Wildman–Crippen LogP) is 2.79. The number of phenolic OH excluding ortho intramolecular Hbond substituents is 1. The fourth-order valence-electron chi connectivity index (χ4n) is 2.19. The van der Waals surface area contributed by atoms with Crippen molar-refractivity contribution < 1.29 is 24.1 Å². The highest BCUT2D eigenvalue weighted by molar-refractivity contribution is 5.87. The summed E-state index contributed by atoms with van der Waals surface area (Å²) in [6, 6.07) is 10.2. The standard InChI is InChI=1S/C19H21NO5/c1-23-17-11-13(3-6-15(17)20)5-8-19(22)25-10-9-14-4-7-16(21)18(12-14)24-2/h3-8,11-12,21H,9-10,20H2,1-2H3/b8-5-. The quantitative estimate of drug-likeness (QED) is 0.456. The van der Waals surface area contributed by atoms with Gasteiger partial charge in [-0.1, -0.05) is 12.1 Å². The van der Waals surface area contributed by atoms with Gasteiger partial charge < -0.3 is 25.1 Å². The molecule has 2 rings (SSSR count). The maximum absolute atomic E-state index is 11.8. The van der Waals surface area contributed by atoms with E-state index in [1.807, 2.05) is 0 Å². The summed E-state index contributed by atoms with van der Waals surface area (Å²) in [6.45, 7) is 0.224. The highest BCUT2D eigenvalue weighted by atomic mass is 16.5. The van der Waals surface area contributed by atoms with Gasteiger partial charge in [0, 0.05) is 12.5 Å². The number of aromatic hydroxyl groups is 1. The molecule has 3 N–H and O–H groups in total. The molecule has 25 heavy (non-hydrogen) atoms. The number of carbonyl (C=O) groups is 1. The summed E-state index contributed by atoms with van der Waals surface area (Å²) in [5.74, 6) is 0.574. The number of phenols is 1. The Balaban J connectivity index is 1.86. The second-order valence-electron chi connectivity index (χ2n) is 5.26. The Hall–Kier alpha value is -3.15. The molecule has 0 saturated carbocycles. The van der Waals surface area contributed by atoms with E-state index in [-0.39, 0.29) is 12.4 Å². The summed E-state index contributed by atoms with van der Waals surface area (Å²) in [6.07, 6.45) is 3.50. The number of anilines is 1. The van der Waals surface area contributed by atoms with E-state index in [0.717, 1.165) is 11.1 Å². The molecule has 0 spiro atoms. The molecule has 0 saturated heterocycles. The molecule has 2 aromatic rings. The topological polar surface area (TPSA) is 91.0 Å². The van der Waals surface area contributed by atoms with Gasteiger partial charge in [-0.15, -0.1) is 0 Å². The van der Waals surface area contributed by atoms with Gasteiger partial charge in [0.2, 0.25) is 0 Å². The number of rotatable bonds is 7. The molecule has 0 atom stereocenters. The second kappa shape index (κ2) is 8.63. The molecule has 0 heterocycles. The summed E-state index contributed by atoms with van der Waals surface area (Å²) >= 11 is 0. The van der Waals surface area contributed by atoms with Gasteiger partial charge in [-0.05, 0) is 41.5 Å². The molecular weight excluding hydrogens is 322 g/mol. The van der Waals surface area contributed by atoms with E-state index < -0.39 is 5.97 Å². The smallest absolute Gasteiger partial charge is 0.330 e. The van der Waals surface area contributed by atoms with Gasteiger partial charge in [0.05, 0.1) is 26.5 Å². The van der Waals surface area contributed by atoms with Crippen molar-refractivity contribution in [2.75, 3.05) is 26.6 Å². The van der Waals surface area contributed by atoms with Crippen molar-refractivity contribution in [2.45, 2.75) is 6.42 Å². The third kappa shape index (κ3) is 5.17. The second-order valence-corrected chi connectivity index (χ2v) is 5.26. The maximum Gasteiger partial charge on any atom is 0.330 e. The molecule has 6 heteroatoms. The fourth-order valence-corrected chi connectivity index (χ4v) is 2.19. The molecule has 0 amide bonds. The maximum atomic E-state index is 11.8. The Morgan fingerprint density at radius 2 is 1.88 bits per heavy atom. The first-order valence-corrected chi connectivity index (χ1v) is 7.67. The Bertz CT molecular complexity index is 770. The lowest BCUT2D eigenvalue weighted by atomic mass is 10.1. The number of hydrogen-bond donors (Lipinski definition) is 2. The van der Waals surface area contributed by atoms with Crippen LogP contribution in [-0.4, -0.2) is 31.9 Å². The lowest BCUT2D eigenvalue weighted by Gasteiger charge is -2.07. The van der Waals surface area contributed by atoms with Crippen LogP contribution in [0.1, 0.15) is 11.1 Å². The van der Waals surface area contributed by atoms with Crippen molar-refractivity contribution in [1.29, 1.82) is 0 Å². The number of hydrogen-bond acceptors (Lipinski definition) is 6. The average molecular weight is 343 g/mol. The fraction of sp³-hybridized carbons (Fsp3) is 0.211. The lowest BCUT2D eigenvalue weighted by molar-refractivity contribution is -0.137. The van der Waals surface area contributed by atoms with E-state index in [9.17, 15) is 9.90 Å². The van der Waals surface area contributed by atoms with Gasteiger partial charge in [0.15, 0.2) is 11.5 Å². The first-order chi connectivity index (χ1) is 12.0. The minimum Gasteiger partial charge on any atom is -0.504 e. The van der Waals surface area contributed by atoms with E-state index in [4.69, 9.17) is 19.9 Å². The van der Waals surface area contributed by atoms with Crippen LogP contribution in [0.25, 0.3) is 6.08 Å². The normalized spacial score (nSPS) is 10.6. The molecule has 2 aromatic carbocycles. The zero-order valence-corrected chi connectivity index (χ0v) is 14.2. The highest BCUT2D eigenvalue weighted by Crippen LogP contribution is 2.26. The van der Waals surface area contributed by atoms with E-state index in [1.165, 1.54) is 20.3 Å². The minimum absolute atomic E-state index is 0.0742. The SMILES string of the molecule is COc1cc(/C=C\C(=O)OCCc2ccc(O)c(OC)c2)ccc1N. The summed E-state index contributed by atoms with van der Waals surface area (Å²) < 4.78 is 15.3. The van der Waals surface area contributed by atoms with E-state index in [2.05, 4.69) is 0 Å². The van der Waals surface area contributed by atoms with Gasteiger partial charge in [-0.3, -0.25) is 0 Å². The Morgan fingerprint density at radius 3 is 2.60 bits per heavy atom. The number of benzene rings is 2. The summed E-state index contributed by atoms with van der Waals surface area (Å²) in [5, 5.41) is 9.55. The lowest BCUT2D eigenvalue weighted by Crippen LogP contribution is -2.04. The van der Waals surface area contributed by atoms with Crippen LogP contribution >= 0.6 is 0 Å². The van der Waals surface area contributed by atoms with Gasteiger partial charge in [0.25, 0.3) is 0 Å². The van der Waals surface area contributed by atoms with Crippen molar-refractivity contribution in [3.05, 3.63) is 53.6 Å². The average Bonchev–Trinajstić information content (AvgIpc) is 2.62. The highest BCUT2D eigenvalue weighted by Gasteiger charge is 2.04. The molecule has 6 nitrogen and oxygen atoms in total. The monoisotopic (exact) mass is 343 g/mol. The molecule has 0 bridgehead atoms. The molecule has 132 valence electrons. The summed E-state index contributed by atoms with van der Waals surface area (Å²) in [4.78, 5) is 11.8. The van der Waals surface area contributed by atoms with E-state index in [0.29, 0.717) is 23.6 Å². The van der Waals surface area contributed by atoms with E-state index in [1.54, 1.807) is 42.5 Å². The summed E-state index contributed by atoms with van der Waals surface area (Å²) in [7, 11) is 3.02.